The number of nitrogens with one attached hydrogen (secondary N) is 1. The fraction of sp³-hybridized carbons (Fsp3) is 0.308. The number of imide groups is 1. The molecule has 0 radical (unpaired) electrons. The minimum Gasteiger partial charge on any atom is -0.478 e. The Morgan fingerprint density at radius 2 is 2.00 bits per heavy atom. The summed E-state index contributed by atoms with van der Waals surface area (Å²) < 4.78 is 54.8. The monoisotopic (exact) mass is 350 g/mol. The maximum atomic E-state index is 13.1. The second-order valence-electron chi connectivity index (χ2n) is 4.71. The molecule has 1 aliphatic rings. The summed E-state index contributed by atoms with van der Waals surface area (Å²) in [6, 6.07) is 1.39. The summed E-state index contributed by atoms with van der Waals surface area (Å²) >= 11 is 0. The zero-order valence-electron chi connectivity index (χ0n) is 11.8. The van der Waals surface area contributed by atoms with Crippen LogP contribution in [0.15, 0.2) is 18.2 Å². The van der Waals surface area contributed by atoms with Crippen LogP contribution in [0, 0.1) is 0 Å². The molecule has 1 aromatic rings. The number of nitrogens with zero attached hydrogens (tertiary/aromatic N) is 1. The molecule has 0 bridgehead atoms. The molecule has 2 rings (SSSR count). The van der Waals surface area contributed by atoms with E-state index in [1.807, 2.05) is 5.32 Å². The van der Waals surface area contributed by atoms with Crippen molar-refractivity contribution in [2.45, 2.75) is 19.0 Å². The van der Waals surface area contributed by atoms with Crippen LogP contribution in [0.1, 0.15) is 16.8 Å². The molecule has 3 amide bonds. The molecule has 0 spiro atoms. The number of halogens is 4. The van der Waals surface area contributed by atoms with Crippen LogP contribution >= 0.6 is 0 Å². The van der Waals surface area contributed by atoms with Crippen LogP contribution in [-0.2, 0) is 4.79 Å². The van der Waals surface area contributed by atoms with Crippen molar-refractivity contribution >= 4 is 23.6 Å². The molecule has 0 aliphatic carbocycles. The Bertz CT molecular complexity index is 695. The molecule has 11 heteroatoms. The number of benzene rings is 1. The molecule has 1 heterocycles. The third kappa shape index (κ3) is 3.55. The number of rotatable bonds is 5. The summed E-state index contributed by atoms with van der Waals surface area (Å²) in [6.45, 7) is -0.260. The molecule has 1 fully saturated rings. The van der Waals surface area contributed by atoms with E-state index in [0.717, 1.165) is 23.1 Å². The lowest BCUT2D eigenvalue weighted by atomic mass is 10.1. The summed E-state index contributed by atoms with van der Waals surface area (Å²) in [6.07, 6.45) is -9.17. The van der Waals surface area contributed by atoms with Gasteiger partial charge in [0.2, 0.25) is 5.91 Å². The first-order valence-electron chi connectivity index (χ1n) is 6.45. The van der Waals surface area contributed by atoms with Crippen molar-refractivity contribution in [3.63, 3.8) is 0 Å². The highest BCUT2D eigenvalue weighted by Gasteiger charge is 2.45. The normalized spacial score (nSPS) is 15.5. The summed E-state index contributed by atoms with van der Waals surface area (Å²) in [5.41, 5.74) is -0.859. The van der Waals surface area contributed by atoms with Gasteiger partial charge in [-0.2, -0.15) is 17.6 Å². The fourth-order valence-electron chi connectivity index (χ4n) is 1.93. The summed E-state index contributed by atoms with van der Waals surface area (Å²) in [5, 5.41) is 10.8. The van der Waals surface area contributed by atoms with Gasteiger partial charge in [-0.1, -0.05) is 0 Å². The van der Waals surface area contributed by atoms with Crippen LogP contribution in [0.3, 0.4) is 0 Å². The number of hydrogen-bond acceptors (Lipinski definition) is 4. The van der Waals surface area contributed by atoms with Gasteiger partial charge in [-0.25, -0.2) is 9.59 Å². The first-order chi connectivity index (χ1) is 11.1. The van der Waals surface area contributed by atoms with Crippen molar-refractivity contribution in [3.05, 3.63) is 23.8 Å². The highest BCUT2D eigenvalue weighted by molar-refractivity contribution is 6.06. The summed E-state index contributed by atoms with van der Waals surface area (Å²) in [4.78, 5) is 34.7. The number of hydrogen-bond donors (Lipinski definition) is 2. The Morgan fingerprint density at radius 1 is 1.33 bits per heavy atom. The highest BCUT2D eigenvalue weighted by atomic mass is 19.3. The Balaban J connectivity index is 2.45. The van der Waals surface area contributed by atoms with Gasteiger partial charge in [0.05, 0.1) is 11.3 Å². The van der Waals surface area contributed by atoms with E-state index in [1.165, 1.54) is 0 Å². The standard InChI is InChI=1S/C13H10F4N2O5/c14-11(15)13(16,17)24-8-2-1-6(10(21)22)5-7(8)19-4-3-9(20)18-12(19)23/h1-2,5,11H,3-4H2,(H,21,22)(H,18,20,23). The smallest absolute Gasteiger partial charge is 0.461 e. The number of carbonyl (C=O) groups excluding carboxylic acids is 2. The van der Waals surface area contributed by atoms with E-state index in [9.17, 15) is 31.9 Å². The zero-order chi connectivity index (χ0) is 18.1. The second kappa shape index (κ2) is 6.34. The van der Waals surface area contributed by atoms with E-state index >= 15 is 0 Å². The Hall–Kier alpha value is -2.85. The maximum absolute atomic E-state index is 13.1. The van der Waals surface area contributed by atoms with E-state index in [2.05, 4.69) is 4.74 Å². The highest BCUT2D eigenvalue weighted by Crippen LogP contribution is 2.36. The van der Waals surface area contributed by atoms with Crippen LogP contribution in [0.4, 0.5) is 28.0 Å². The van der Waals surface area contributed by atoms with Gasteiger partial charge in [-0.3, -0.25) is 15.0 Å². The molecule has 0 saturated carbocycles. The molecule has 1 aliphatic heterocycles. The third-order valence-electron chi connectivity index (χ3n) is 3.05. The maximum Gasteiger partial charge on any atom is 0.461 e. The van der Waals surface area contributed by atoms with Crippen molar-refractivity contribution < 1.29 is 41.8 Å². The first kappa shape index (κ1) is 17.5. The number of aromatic carboxylic acids is 1. The Morgan fingerprint density at radius 3 is 2.54 bits per heavy atom. The average Bonchev–Trinajstić information content (AvgIpc) is 2.47. The second-order valence-corrected chi connectivity index (χ2v) is 4.71. The van der Waals surface area contributed by atoms with Crippen LogP contribution in [0.25, 0.3) is 0 Å². The number of ether oxygens (including phenoxy) is 1. The van der Waals surface area contributed by atoms with Crippen LogP contribution in [-0.4, -0.2) is 42.1 Å². The number of carboxylic acids is 1. The fourth-order valence-corrected chi connectivity index (χ4v) is 1.93. The number of amides is 3. The lowest BCUT2D eigenvalue weighted by Gasteiger charge is -2.29. The van der Waals surface area contributed by atoms with Gasteiger partial charge in [0, 0.05) is 13.0 Å². The van der Waals surface area contributed by atoms with E-state index in [-0.39, 0.29) is 18.5 Å². The van der Waals surface area contributed by atoms with Gasteiger partial charge >= 0.3 is 24.5 Å². The molecular weight excluding hydrogens is 340 g/mol. The van der Waals surface area contributed by atoms with Gasteiger partial charge in [-0.05, 0) is 18.2 Å². The van der Waals surface area contributed by atoms with E-state index in [1.54, 1.807) is 0 Å². The summed E-state index contributed by atoms with van der Waals surface area (Å²) in [5.74, 6) is -2.88. The number of carboxylic acid groups (broad SMARTS) is 1. The summed E-state index contributed by atoms with van der Waals surface area (Å²) in [7, 11) is 0. The van der Waals surface area contributed by atoms with Gasteiger partial charge in [0.15, 0.2) is 0 Å². The SMILES string of the molecule is O=C1CCN(c2cc(C(=O)O)ccc2OC(F)(F)C(F)F)C(=O)N1. The molecule has 130 valence electrons. The van der Waals surface area contributed by atoms with Crippen LogP contribution in [0.2, 0.25) is 0 Å². The zero-order valence-corrected chi connectivity index (χ0v) is 11.8. The minimum absolute atomic E-state index is 0.187. The molecular formula is C13H10F4N2O5. The van der Waals surface area contributed by atoms with Crippen molar-refractivity contribution in [2.75, 3.05) is 11.4 Å². The first-order valence-corrected chi connectivity index (χ1v) is 6.45. The van der Waals surface area contributed by atoms with Gasteiger partial charge < -0.3 is 9.84 Å². The lowest BCUT2D eigenvalue weighted by molar-refractivity contribution is -0.253. The van der Waals surface area contributed by atoms with Gasteiger partial charge in [0.1, 0.15) is 5.75 Å². The molecule has 0 aromatic heterocycles. The largest absolute Gasteiger partial charge is 0.478 e. The lowest BCUT2D eigenvalue weighted by Crippen LogP contribution is -2.50. The number of anilines is 1. The van der Waals surface area contributed by atoms with Crippen molar-refractivity contribution in [2.24, 2.45) is 0 Å². The Kier molecular flexibility index (Phi) is 4.62. The molecule has 0 unspecified atom stereocenters. The van der Waals surface area contributed by atoms with Crippen molar-refractivity contribution in [1.82, 2.24) is 5.32 Å². The van der Waals surface area contributed by atoms with E-state index in [0.29, 0.717) is 0 Å². The predicted octanol–water partition coefficient (Wildman–Crippen LogP) is 2.07. The number of alkyl halides is 4. The Labute approximate surface area is 131 Å². The molecule has 1 aromatic carbocycles. The molecule has 1 saturated heterocycles. The number of urea groups is 1. The van der Waals surface area contributed by atoms with Crippen LogP contribution < -0.4 is 15.0 Å². The molecule has 2 N–H and O–H groups in total. The number of carbonyl (C=O) groups is 3. The van der Waals surface area contributed by atoms with Crippen molar-refractivity contribution in [1.29, 1.82) is 0 Å². The van der Waals surface area contributed by atoms with E-state index < -0.39 is 41.9 Å². The minimum atomic E-state index is -4.85. The average molecular weight is 350 g/mol. The van der Waals surface area contributed by atoms with Crippen molar-refractivity contribution in [3.8, 4) is 5.75 Å². The molecule has 0 atom stereocenters. The van der Waals surface area contributed by atoms with Crippen LogP contribution in [0.5, 0.6) is 5.75 Å². The van der Waals surface area contributed by atoms with Gasteiger partial charge in [0.25, 0.3) is 0 Å². The molecule has 24 heavy (non-hydrogen) atoms. The third-order valence-corrected chi connectivity index (χ3v) is 3.05. The van der Waals surface area contributed by atoms with E-state index in [4.69, 9.17) is 5.11 Å². The van der Waals surface area contributed by atoms with Gasteiger partial charge in [-0.15, -0.1) is 0 Å². The topological polar surface area (TPSA) is 95.9 Å². The quantitative estimate of drug-likeness (QED) is 0.793. The molecule has 7 nitrogen and oxygen atoms in total. The predicted molar refractivity (Wildman–Crippen MR) is 70.5 cm³/mol.